The van der Waals surface area contributed by atoms with E-state index in [0.717, 1.165) is 42.2 Å². The molecule has 0 saturated carbocycles. The molecule has 0 spiro atoms. The SMILES string of the molecule is Cc1nonc1[C@@H]1CCCN1Cc1nc(-c2cc3c(cc2Cl)OCO3)oc1C. The van der Waals surface area contributed by atoms with Gasteiger partial charge in [0.1, 0.15) is 17.1 Å². The quantitative estimate of drug-likeness (QED) is 0.645. The first-order chi connectivity index (χ1) is 13.6. The highest BCUT2D eigenvalue weighted by Gasteiger charge is 2.31. The number of aromatic nitrogens is 3. The first-order valence-electron chi connectivity index (χ1n) is 9.19. The Hall–Kier alpha value is -2.58. The summed E-state index contributed by atoms with van der Waals surface area (Å²) in [5.74, 6) is 2.52. The summed E-state index contributed by atoms with van der Waals surface area (Å²) in [4.78, 5) is 7.06. The van der Waals surface area contributed by atoms with Crippen molar-refractivity contribution in [3.8, 4) is 23.0 Å². The molecule has 2 aliphatic rings. The van der Waals surface area contributed by atoms with Crippen LogP contribution < -0.4 is 9.47 Å². The summed E-state index contributed by atoms with van der Waals surface area (Å²) in [6, 6.07) is 3.72. The van der Waals surface area contributed by atoms with E-state index in [2.05, 4.69) is 15.2 Å². The Morgan fingerprint density at radius 1 is 1.18 bits per heavy atom. The smallest absolute Gasteiger partial charge is 0.231 e. The van der Waals surface area contributed by atoms with Crippen LogP contribution in [0.5, 0.6) is 11.5 Å². The van der Waals surface area contributed by atoms with E-state index in [1.807, 2.05) is 19.9 Å². The Labute approximate surface area is 166 Å². The molecular formula is C19H19ClN4O4. The number of oxazole rings is 1. The molecule has 0 radical (unpaired) electrons. The van der Waals surface area contributed by atoms with Gasteiger partial charge in [-0.15, -0.1) is 0 Å². The van der Waals surface area contributed by atoms with Gasteiger partial charge >= 0.3 is 0 Å². The van der Waals surface area contributed by atoms with Gasteiger partial charge in [0.2, 0.25) is 12.7 Å². The van der Waals surface area contributed by atoms with Gasteiger partial charge in [-0.25, -0.2) is 9.61 Å². The van der Waals surface area contributed by atoms with Crippen LogP contribution in [0.2, 0.25) is 5.02 Å². The Morgan fingerprint density at radius 2 is 2.00 bits per heavy atom. The van der Waals surface area contributed by atoms with Crippen molar-refractivity contribution in [2.75, 3.05) is 13.3 Å². The molecule has 0 N–H and O–H groups in total. The lowest BCUT2D eigenvalue weighted by Gasteiger charge is -2.21. The molecule has 5 rings (SSSR count). The molecule has 0 amide bonds. The van der Waals surface area contributed by atoms with Gasteiger partial charge in [-0.2, -0.15) is 0 Å². The number of rotatable bonds is 4. The third-order valence-corrected chi connectivity index (χ3v) is 5.62. The van der Waals surface area contributed by atoms with Crippen molar-refractivity contribution in [1.29, 1.82) is 0 Å². The first-order valence-corrected chi connectivity index (χ1v) is 9.57. The van der Waals surface area contributed by atoms with Crippen LogP contribution in [0, 0.1) is 13.8 Å². The zero-order valence-corrected chi connectivity index (χ0v) is 16.3. The second-order valence-electron chi connectivity index (χ2n) is 7.07. The Kier molecular flexibility index (Phi) is 4.25. The standard InChI is InChI=1S/C19H19ClN4O4/c1-10-18(23-28-22-10)15-4-3-5-24(15)8-14-11(2)27-19(21-14)12-6-16-17(7-13(12)20)26-9-25-16/h6-7,15H,3-5,8-9H2,1-2H3/t15-/m0/s1. The molecule has 3 aromatic rings. The van der Waals surface area contributed by atoms with E-state index in [4.69, 9.17) is 35.1 Å². The minimum Gasteiger partial charge on any atom is -0.454 e. The minimum atomic E-state index is 0.180. The second kappa shape index (κ2) is 6.79. The first kappa shape index (κ1) is 17.5. The van der Waals surface area contributed by atoms with E-state index in [1.165, 1.54) is 0 Å². The highest BCUT2D eigenvalue weighted by atomic mass is 35.5. The maximum atomic E-state index is 6.41. The summed E-state index contributed by atoms with van der Waals surface area (Å²) >= 11 is 6.41. The van der Waals surface area contributed by atoms with Gasteiger partial charge in [0.25, 0.3) is 0 Å². The molecule has 2 aromatic heterocycles. The molecule has 9 heteroatoms. The van der Waals surface area contributed by atoms with Crippen LogP contribution >= 0.6 is 11.6 Å². The van der Waals surface area contributed by atoms with Crippen LogP contribution in [0.25, 0.3) is 11.5 Å². The lowest BCUT2D eigenvalue weighted by molar-refractivity contribution is 0.174. The molecule has 0 unspecified atom stereocenters. The molecule has 0 aliphatic carbocycles. The van der Waals surface area contributed by atoms with Crippen LogP contribution in [0.15, 0.2) is 21.2 Å². The summed E-state index contributed by atoms with van der Waals surface area (Å²) in [5.41, 5.74) is 3.30. The van der Waals surface area contributed by atoms with Crippen molar-refractivity contribution < 1.29 is 18.5 Å². The highest BCUT2D eigenvalue weighted by Crippen LogP contribution is 2.41. The molecule has 2 aliphatic heterocycles. The average molecular weight is 403 g/mol. The van der Waals surface area contributed by atoms with Gasteiger partial charge in [-0.05, 0) is 39.3 Å². The Morgan fingerprint density at radius 3 is 2.79 bits per heavy atom. The summed E-state index contributed by atoms with van der Waals surface area (Å²) in [5, 5.41) is 8.53. The number of fused-ring (bicyclic) bond motifs is 1. The van der Waals surface area contributed by atoms with Crippen molar-refractivity contribution >= 4 is 11.6 Å². The van der Waals surface area contributed by atoms with Crippen molar-refractivity contribution in [1.82, 2.24) is 20.2 Å². The van der Waals surface area contributed by atoms with E-state index < -0.39 is 0 Å². The summed E-state index contributed by atoms with van der Waals surface area (Å²) < 4.78 is 21.6. The van der Waals surface area contributed by atoms with Gasteiger partial charge in [0, 0.05) is 12.6 Å². The monoisotopic (exact) mass is 402 g/mol. The molecule has 1 saturated heterocycles. The number of benzene rings is 1. The number of hydrogen-bond donors (Lipinski definition) is 0. The normalized spacial score (nSPS) is 18.9. The fourth-order valence-electron chi connectivity index (χ4n) is 3.83. The van der Waals surface area contributed by atoms with Crippen LogP contribution in [0.3, 0.4) is 0 Å². The van der Waals surface area contributed by atoms with E-state index in [0.29, 0.717) is 34.5 Å². The zero-order chi connectivity index (χ0) is 19.3. The topological polar surface area (TPSA) is 86.7 Å². The molecule has 1 atom stereocenters. The van der Waals surface area contributed by atoms with Gasteiger partial charge in [0.15, 0.2) is 11.5 Å². The fraction of sp³-hybridized carbons (Fsp3) is 0.421. The summed E-state index contributed by atoms with van der Waals surface area (Å²) in [6.07, 6.45) is 2.11. The maximum Gasteiger partial charge on any atom is 0.231 e. The molecule has 8 nitrogen and oxygen atoms in total. The van der Waals surface area contributed by atoms with Crippen LogP contribution in [-0.2, 0) is 6.54 Å². The van der Waals surface area contributed by atoms with Gasteiger partial charge < -0.3 is 13.9 Å². The molecule has 1 fully saturated rings. The van der Waals surface area contributed by atoms with Gasteiger partial charge in [-0.3, -0.25) is 4.90 Å². The van der Waals surface area contributed by atoms with Gasteiger partial charge in [0.05, 0.1) is 22.3 Å². The number of halogens is 1. The van der Waals surface area contributed by atoms with Crippen molar-refractivity contribution in [3.63, 3.8) is 0 Å². The van der Waals surface area contributed by atoms with E-state index >= 15 is 0 Å². The molecule has 0 bridgehead atoms. The third kappa shape index (κ3) is 2.93. The number of ether oxygens (including phenoxy) is 2. The second-order valence-corrected chi connectivity index (χ2v) is 7.48. The van der Waals surface area contributed by atoms with E-state index in [9.17, 15) is 0 Å². The predicted octanol–water partition coefficient (Wildman–Crippen LogP) is 4.06. The van der Waals surface area contributed by atoms with Crippen molar-refractivity contribution in [2.24, 2.45) is 0 Å². The molecule has 146 valence electrons. The van der Waals surface area contributed by atoms with Crippen molar-refractivity contribution in [2.45, 2.75) is 39.3 Å². The number of likely N-dealkylation sites (tertiary alicyclic amines) is 1. The van der Waals surface area contributed by atoms with Crippen LogP contribution in [-0.4, -0.2) is 33.5 Å². The summed E-state index contributed by atoms with van der Waals surface area (Å²) in [6.45, 7) is 5.65. The number of aryl methyl sites for hydroxylation is 2. The zero-order valence-electron chi connectivity index (χ0n) is 15.6. The highest BCUT2D eigenvalue weighted by molar-refractivity contribution is 6.33. The molecule has 28 heavy (non-hydrogen) atoms. The molecular weight excluding hydrogens is 384 g/mol. The molecule has 4 heterocycles. The lowest BCUT2D eigenvalue weighted by atomic mass is 10.1. The van der Waals surface area contributed by atoms with Crippen LogP contribution in [0.4, 0.5) is 0 Å². The average Bonchev–Trinajstić information content (AvgIpc) is 3.43. The largest absolute Gasteiger partial charge is 0.454 e. The van der Waals surface area contributed by atoms with E-state index in [1.54, 1.807) is 6.07 Å². The Bertz CT molecular complexity index is 1030. The number of hydrogen-bond acceptors (Lipinski definition) is 8. The fourth-order valence-corrected chi connectivity index (χ4v) is 4.06. The maximum absolute atomic E-state index is 6.41. The van der Waals surface area contributed by atoms with Gasteiger partial charge in [-0.1, -0.05) is 21.9 Å². The Balaban J connectivity index is 1.42. The predicted molar refractivity (Wildman–Crippen MR) is 99.2 cm³/mol. The van der Waals surface area contributed by atoms with E-state index in [-0.39, 0.29) is 12.8 Å². The summed E-state index contributed by atoms with van der Waals surface area (Å²) in [7, 11) is 0. The third-order valence-electron chi connectivity index (χ3n) is 5.31. The minimum absolute atomic E-state index is 0.180. The molecule has 1 aromatic carbocycles. The van der Waals surface area contributed by atoms with Crippen molar-refractivity contribution in [3.05, 3.63) is 40.0 Å². The van der Waals surface area contributed by atoms with Crippen LogP contribution in [0.1, 0.15) is 41.7 Å². The lowest BCUT2D eigenvalue weighted by Crippen LogP contribution is -2.24. The number of nitrogens with zero attached hydrogens (tertiary/aromatic N) is 4.